The predicted octanol–water partition coefficient (Wildman–Crippen LogP) is 4.76. The van der Waals surface area contributed by atoms with Gasteiger partial charge in [-0.15, -0.1) is 0 Å². The number of hydrogen-bond donors (Lipinski definition) is 1. The van der Waals surface area contributed by atoms with E-state index in [2.05, 4.69) is 15.4 Å². The first-order valence-corrected chi connectivity index (χ1v) is 9.14. The number of furan rings is 1. The second-order valence-electron chi connectivity index (χ2n) is 5.94. The van der Waals surface area contributed by atoms with Crippen LogP contribution in [0.1, 0.15) is 16.1 Å². The summed E-state index contributed by atoms with van der Waals surface area (Å²) in [6.45, 7) is 0.365. The molecule has 1 amide bonds. The maximum Gasteiger partial charge on any atom is 0.270 e. The number of hydrogen-bond acceptors (Lipinski definition) is 4. The molecule has 0 fully saturated rings. The summed E-state index contributed by atoms with van der Waals surface area (Å²) < 4.78 is 6.93. The van der Waals surface area contributed by atoms with E-state index in [0.717, 1.165) is 5.56 Å². The molecule has 8 heteroatoms. The van der Waals surface area contributed by atoms with Gasteiger partial charge in [0, 0.05) is 25.0 Å². The molecule has 0 atom stereocenters. The molecule has 0 saturated heterocycles. The van der Waals surface area contributed by atoms with E-state index in [1.165, 1.54) is 4.68 Å². The van der Waals surface area contributed by atoms with Gasteiger partial charge in [0.15, 0.2) is 5.76 Å². The quantitative estimate of drug-likeness (QED) is 0.512. The number of carbonyl (C=O) groups excluding carboxylic acids is 1. The van der Waals surface area contributed by atoms with Gasteiger partial charge >= 0.3 is 0 Å². The number of pyridine rings is 1. The molecule has 3 aromatic heterocycles. The summed E-state index contributed by atoms with van der Waals surface area (Å²) in [7, 11) is 0. The molecule has 0 aliphatic heterocycles. The number of nitrogens with one attached hydrogen (secondary N) is 1. The zero-order chi connectivity index (χ0) is 19.5. The summed E-state index contributed by atoms with van der Waals surface area (Å²) >= 11 is 12.2. The molecule has 4 rings (SSSR count). The highest BCUT2D eigenvalue weighted by Crippen LogP contribution is 2.27. The van der Waals surface area contributed by atoms with Gasteiger partial charge < -0.3 is 9.73 Å². The molecule has 28 heavy (non-hydrogen) atoms. The van der Waals surface area contributed by atoms with Crippen molar-refractivity contribution in [2.45, 2.75) is 6.54 Å². The van der Waals surface area contributed by atoms with Gasteiger partial charge in [-0.2, -0.15) is 5.10 Å². The SMILES string of the molecule is O=C(NCc1ccncc1)c1cc(-c2ccco2)nn1-c1ccc(Cl)c(Cl)c1. The zero-order valence-electron chi connectivity index (χ0n) is 14.5. The van der Waals surface area contributed by atoms with Crippen molar-refractivity contribution in [1.29, 1.82) is 0 Å². The van der Waals surface area contributed by atoms with Crippen LogP contribution < -0.4 is 5.32 Å². The second-order valence-corrected chi connectivity index (χ2v) is 6.75. The molecule has 0 aliphatic carbocycles. The van der Waals surface area contributed by atoms with Crippen LogP contribution in [0.2, 0.25) is 10.0 Å². The van der Waals surface area contributed by atoms with Crippen molar-refractivity contribution in [3.8, 4) is 17.1 Å². The van der Waals surface area contributed by atoms with Crippen LogP contribution in [0, 0.1) is 0 Å². The van der Waals surface area contributed by atoms with Crippen molar-refractivity contribution in [3.63, 3.8) is 0 Å². The normalized spacial score (nSPS) is 10.8. The molecule has 3 heterocycles. The Kier molecular flexibility index (Phi) is 5.14. The topological polar surface area (TPSA) is 73.0 Å². The number of amides is 1. The molecule has 0 aliphatic rings. The Morgan fingerprint density at radius 3 is 2.61 bits per heavy atom. The van der Waals surface area contributed by atoms with Crippen LogP contribution in [-0.4, -0.2) is 20.7 Å². The summed E-state index contributed by atoms with van der Waals surface area (Å²) in [4.78, 5) is 16.8. The van der Waals surface area contributed by atoms with E-state index < -0.39 is 0 Å². The van der Waals surface area contributed by atoms with Crippen molar-refractivity contribution < 1.29 is 9.21 Å². The van der Waals surface area contributed by atoms with Gasteiger partial charge in [0.05, 0.1) is 22.0 Å². The van der Waals surface area contributed by atoms with Crippen LogP contribution in [0.5, 0.6) is 0 Å². The Morgan fingerprint density at radius 1 is 1.07 bits per heavy atom. The summed E-state index contributed by atoms with van der Waals surface area (Å²) in [6.07, 6.45) is 4.91. The number of benzene rings is 1. The highest BCUT2D eigenvalue weighted by molar-refractivity contribution is 6.42. The molecular formula is C20H14Cl2N4O2. The average molecular weight is 413 g/mol. The fraction of sp³-hybridized carbons (Fsp3) is 0.0500. The lowest BCUT2D eigenvalue weighted by Gasteiger charge is -2.09. The van der Waals surface area contributed by atoms with Crippen molar-refractivity contribution in [2.75, 3.05) is 0 Å². The highest BCUT2D eigenvalue weighted by Gasteiger charge is 2.19. The van der Waals surface area contributed by atoms with Gasteiger partial charge in [-0.1, -0.05) is 23.2 Å². The molecular weight excluding hydrogens is 399 g/mol. The van der Waals surface area contributed by atoms with Crippen LogP contribution in [0.3, 0.4) is 0 Å². The summed E-state index contributed by atoms with van der Waals surface area (Å²) in [6, 6.07) is 13.9. The minimum atomic E-state index is -0.284. The third kappa shape index (κ3) is 3.78. The van der Waals surface area contributed by atoms with E-state index in [1.54, 1.807) is 55.1 Å². The van der Waals surface area contributed by atoms with E-state index in [4.69, 9.17) is 27.6 Å². The highest BCUT2D eigenvalue weighted by atomic mass is 35.5. The lowest BCUT2D eigenvalue weighted by molar-refractivity contribution is 0.0943. The summed E-state index contributed by atoms with van der Waals surface area (Å²) in [5.74, 6) is 0.273. The Morgan fingerprint density at radius 2 is 1.89 bits per heavy atom. The lowest BCUT2D eigenvalue weighted by Crippen LogP contribution is -2.25. The Balaban J connectivity index is 1.69. The molecule has 1 N–H and O–H groups in total. The van der Waals surface area contributed by atoms with Gasteiger partial charge in [0.25, 0.3) is 5.91 Å². The third-order valence-electron chi connectivity index (χ3n) is 4.07. The van der Waals surface area contributed by atoms with Crippen molar-refractivity contribution in [1.82, 2.24) is 20.1 Å². The Labute approximate surface area is 170 Å². The fourth-order valence-electron chi connectivity index (χ4n) is 2.67. The Bertz CT molecular complexity index is 1110. The van der Waals surface area contributed by atoms with Gasteiger partial charge in [0.2, 0.25) is 0 Å². The van der Waals surface area contributed by atoms with Crippen LogP contribution in [0.25, 0.3) is 17.1 Å². The molecule has 1 aromatic carbocycles. The van der Waals surface area contributed by atoms with Gasteiger partial charge in [-0.05, 0) is 48.0 Å². The first kappa shape index (κ1) is 18.3. The average Bonchev–Trinajstić information content (AvgIpc) is 3.39. The number of carbonyl (C=O) groups is 1. The van der Waals surface area contributed by atoms with E-state index in [9.17, 15) is 4.79 Å². The first-order valence-electron chi connectivity index (χ1n) is 8.38. The van der Waals surface area contributed by atoms with Crippen molar-refractivity contribution >= 4 is 29.1 Å². The van der Waals surface area contributed by atoms with E-state index in [-0.39, 0.29) is 5.91 Å². The van der Waals surface area contributed by atoms with Crippen molar-refractivity contribution in [3.05, 3.63) is 88.5 Å². The van der Waals surface area contributed by atoms with Crippen LogP contribution >= 0.6 is 23.2 Å². The minimum absolute atomic E-state index is 0.284. The molecule has 0 radical (unpaired) electrons. The fourth-order valence-corrected chi connectivity index (χ4v) is 2.97. The largest absolute Gasteiger partial charge is 0.463 e. The molecule has 140 valence electrons. The van der Waals surface area contributed by atoms with Crippen molar-refractivity contribution in [2.24, 2.45) is 0 Å². The van der Waals surface area contributed by atoms with Crippen LogP contribution in [-0.2, 0) is 6.54 Å². The molecule has 6 nitrogen and oxygen atoms in total. The van der Waals surface area contributed by atoms with E-state index >= 15 is 0 Å². The Hall–Kier alpha value is -3.09. The number of aromatic nitrogens is 3. The number of rotatable bonds is 5. The molecule has 4 aromatic rings. The molecule has 0 spiro atoms. The summed E-state index contributed by atoms with van der Waals surface area (Å²) in [5.41, 5.74) is 2.43. The second kappa shape index (κ2) is 7.88. The maximum absolute atomic E-state index is 12.9. The molecule has 0 unspecified atom stereocenters. The van der Waals surface area contributed by atoms with E-state index in [0.29, 0.717) is 39.4 Å². The van der Waals surface area contributed by atoms with Crippen LogP contribution in [0.15, 0.2) is 71.6 Å². The summed E-state index contributed by atoms with van der Waals surface area (Å²) in [5, 5.41) is 8.21. The predicted molar refractivity (Wildman–Crippen MR) is 107 cm³/mol. The smallest absolute Gasteiger partial charge is 0.270 e. The standard InChI is InChI=1S/C20H14Cl2N4O2/c21-15-4-3-14(10-16(15)22)26-18(11-17(25-26)19-2-1-9-28-19)20(27)24-12-13-5-7-23-8-6-13/h1-11H,12H2,(H,24,27). The van der Waals surface area contributed by atoms with Crippen LogP contribution in [0.4, 0.5) is 0 Å². The molecule has 0 bridgehead atoms. The van der Waals surface area contributed by atoms with Gasteiger partial charge in [-0.25, -0.2) is 4.68 Å². The van der Waals surface area contributed by atoms with Gasteiger partial charge in [0.1, 0.15) is 11.4 Å². The third-order valence-corrected chi connectivity index (χ3v) is 4.80. The van der Waals surface area contributed by atoms with E-state index in [1.807, 2.05) is 12.1 Å². The van der Waals surface area contributed by atoms with Gasteiger partial charge in [-0.3, -0.25) is 9.78 Å². The number of halogens is 2. The maximum atomic E-state index is 12.9. The zero-order valence-corrected chi connectivity index (χ0v) is 16.0. The molecule has 0 saturated carbocycles. The first-order chi connectivity index (χ1) is 13.6. The minimum Gasteiger partial charge on any atom is -0.463 e. The lowest BCUT2D eigenvalue weighted by atomic mass is 10.2. The monoisotopic (exact) mass is 412 g/mol. The number of nitrogens with zero attached hydrogens (tertiary/aromatic N) is 3.